The van der Waals surface area contributed by atoms with Crippen molar-refractivity contribution < 1.29 is 4.79 Å². The Morgan fingerprint density at radius 3 is 2.85 bits per heavy atom. The maximum atomic E-state index is 12.7. The summed E-state index contributed by atoms with van der Waals surface area (Å²) in [6.45, 7) is 3.78. The highest BCUT2D eigenvalue weighted by atomic mass is 35.5. The average molecular weight is 368 g/mol. The molecule has 2 aromatic carbocycles. The number of nitrogens with zero attached hydrogens (tertiary/aromatic N) is 3. The molecule has 134 valence electrons. The average Bonchev–Trinajstić information content (AvgIpc) is 3.20. The van der Waals surface area contributed by atoms with Gasteiger partial charge in [-0.1, -0.05) is 43.1 Å². The van der Waals surface area contributed by atoms with E-state index in [4.69, 9.17) is 16.6 Å². The van der Waals surface area contributed by atoms with Crippen LogP contribution < -0.4 is 4.90 Å². The molecule has 0 saturated carbocycles. The third kappa shape index (κ3) is 3.10. The number of anilines is 1. The van der Waals surface area contributed by atoms with Gasteiger partial charge in [0.2, 0.25) is 5.91 Å². The summed E-state index contributed by atoms with van der Waals surface area (Å²) in [6.07, 6.45) is 2.72. The number of amides is 1. The van der Waals surface area contributed by atoms with Crippen LogP contribution in [0.25, 0.3) is 11.0 Å². The smallest absolute Gasteiger partial charge is 0.227 e. The number of carbonyl (C=O) groups is 1. The molecule has 1 aliphatic rings. The van der Waals surface area contributed by atoms with E-state index in [0.29, 0.717) is 18.0 Å². The van der Waals surface area contributed by atoms with Gasteiger partial charge in [0.25, 0.3) is 0 Å². The molecular weight excluding hydrogens is 346 g/mol. The Bertz CT molecular complexity index is 949. The summed E-state index contributed by atoms with van der Waals surface area (Å²) >= 11 is 6.11. The van der Waals surface area contributed by atoms with Gasteiger partial charge in [0, 0.05) is 36.1 Å². The van der Waals surface area contributed by atoms with Crippen LogP contribution in [0.1, 0.15) is 37.9 Å². The number of unbranched alkanes of at least 4 members (excludes halogenated alkanes) is 1. The molecular formula is C21H22ClN3O. The molecule has 3 aromatic rings. The molecule has 4 rings (SSSR count). The second-order valence-electron chi connectivity index (χ2n) is 6.85. The number of aromatic nitrogens is 2. The molecule has 0 radical (unpaired) electrons. The summed E-state index contributed by atoms with van der Waals surface area (Å²) in [6, 6.07) is 15.7. The van der Waals surface area contributed by atoms with E-state index in [1.165, 1.54) is 0 Å². The first-order valence-electron chi connectivity index (χ1n) is 9.18. The summed E-state index contributed by atoms with van der Waals surface area (Å²) in [5.41, 5.74) is 3.03. The molecule has 1 amide bonds. The fourth-order valence-corrected chi connectivity index (χ4v) is 3.92. The van der Waals surface area contributed by atoms with Gasteiger partial charge < -0.3 is 9.47 Å². The minimum Gasteiger partial charge on any atom is -0.328 e. The van der Waals surface area contributed by atoms with Crippen molar-refractivity contribution in [3.05, 3.63) is 59.4 Å². The SMILES string of the molecule is CCCCn1c(C2CC(=O)N(c3cccc(Cl)c3)C2)nc2ccccc21. The first-order chi connectivity index (χ1) is 12.7. The van der Waals surface area contributed by atoms with E-state index in [0.717, 1.165) is 41.9 Å². The van der Waals surface area contributed by atoms with Crippen molar-refractivity contribution in [1.29, 1.82) is 0 Å². The van der Waals surface area contributed by atoms with Crippen molar-refractivity contribution in [2.45, 2.75) is 38.6 Å². The molecule has 1 aromatic heterocycles. The number of para-hydroxylation sites is 2. The van der Waals surface area contributed by atoms with Gasteiger partial charge >= 0.3 is 0 Å². The molecule has 1 fully saturated rings. The highest BCUT2D eigenvalue weighted by Crippen LogP contribution is 2.34. The maximum absolute atomic E-state index is 12.7. The van der Waals surface area contributed by atoms with Crippen molar-refractivity contribution in [2.24, 2.45) is 0 Å². The molecule has 2 heterocycles. The van der Waals surface area contributed by atoms with E-state index in [9.17, 15) is 4.79 Å². The Morgan fingerprint density at radius 2 is 2.04 bits per heavy atom. The van der Waals surface area contributed by atoms with E-state index in [2.05, 4.69) is 17.6 Å². The monoisotopic (exact) mass is 367 g/mol. The Labute approximate surface area is 158 Å². The zero-order valence-corrected chi connectivity index (χ0v) is 15.6. The van der Waals surface area contributed by atoms with Crippen molar-refractivity contribution in [2.75, 3.05) is 11.4 Å². The lowest BCUT2D eigenvalue weighted by Gasteiger charge is -2.17. The molecule has 1 aliphatic heterocycles. The quantitative estimate of drug-likeness (QED) is 0.635. The van der Waals surface area contributed by atoms with Gasteiger partial charge in [-0.05, 0) is 36.8 Å². The number of aryl methyl sites for hydroxylation is 1. The van der Waals surface area contributed by atoms with Crippen LogP contribution in [0.2, 0.25) is 5.02 Å². The van der Waals surface area contributed by atoms with Gasteiger partial charge in [-0.15, -0.1) is 0 Å². The fraction of sp³-hybridized carbons (Fsp3) is 0.333. The lowest BCUT2D eigenvalue weighted by Crippen LogP contribution is -2.24. The topological polar surface area (TPSA) is 38.1 Å². The van der Waals surface area contributed by atoms with Gasteiger partial charge in [-0.3, -0.25) is 4.79 Å². The van der Waals surface area contributed by atoms with Gasteiger partial charge in [-0.25, -0.2) is 4.98 Å². The zero-order chi connectivity index (χ0) is 18.1. The van der Waals surface area contributed by atoms with Crippen LogP contribution in [0, 0.1) is 0 Å². The number of benzene rings is 2. The molecule has 5 heteroatoms. The first kappa shape index (κ1) is 17.1. The molecule has 1 saturated heterocycles. The molecule has 1 atom stereocenters. The minimum atomic E-state index is 0.103. The van der Waals surface area contributed by atoms with E-state index in [1.54, 1.807) is 0 Å². The van der Waals surface area contributed by atoms with Crippen LogP contribution in [0.4, 0.5) is 5.69 Å². The predicted molar refractivity (Wildman–Crippen MR) is 106 cm³/mol. The van der Waals surface area contributed by atoms with E-state index in [-0.39, 0.29) is 11.8 Å². The molecule has 0 N–H and O–H groups in total. The number of fused-ring (bicyclic) bond motifs is 1. The highest BCUT2D eigenvalue weighted by Gasteiger charge is 2.34. The van der Waals surface area contributed by atoms with Crippen molar-refractivity contribution in [1.82, 2.24) is 9.55 Å². The molecule has 1 unspecified atom stereocenters. The number of carbonyl (C=O) groups excluding carboxylic acids is 1. The summed E-state index contributed by atoms with van der Waals surface area (Å²) in [5, 5.41) is 0.647. The Morgan fingerprint density at radius 1 is 1.19 bits per heavy atom. The van der Waals surface area contributed by atoms with E-state index in [1.807, 2.05) is 47.4 Å². The second kappa shape index (κ2) is 7.12. The van der Waals surface area contributed by atoms with Crippen molar-refractivity contribution in [3.63, 3.8) is 0 Å². The number of halogens is 1. The third-order valence-corrected chi connectivity index (χ3v) is 5.26. The van der Waals surface area contributed by atoms with Crippen molar-refractivity contribution >= 4 is 34.2 Å². The fourth-order valence-electron chi connectivity index (χ4n) is 3.73. The van der Waals surface area contributed by atoms with E-state index >= 15 is 0 Å². The predicted octanol–water partition coefficient (Wildman–Crippen LogP) is 5.01. The Hall–Kier alpha value is -2.33. The normalized spacial score (nSPS) is 17.4. The van der Waals surface area contributed by atoms with Crippen LogP contribution in [0.5, 0.6) is 0 Å². The number of imidazole rings is 1. The summed E-state index contributed by atoms with van der Waals surface area (Å²) in [5.74, 6) is 1.26. The van der Waals surface area contributed by atoms with Gasteiger partial charge in [0.1, 0.15) is 5.82 Å². The van der Waals surface area contributed by atoms with E-state index < -0.39 is 0 Å². The summed E-state index contributed by atoms with van der Waals surface area (Å²) < 4.78 is 2.30. The van der Waals surface area contributed by atoms with Crippen molar-refractivity contribution in [3.8, 4) is 0 Å². The van der Waals surface area contributed by atoms with Gasteiger partial charge in [0.05, 0.1) is 11.0 Å². The molecule has 0 spiro atoms. The molecule has 0 bridgehead atoms. The van der Waals surface area contributed by atoms with Gasteiger partial charge in [0.15, 0.2) is 0 Å². The molecule has 0 aliphatic carbocycles. The standard InChI is InChI=1S/C21H22ClN3O/c1-2-3-11-24-19-10-5-4-9-18(19)23-21(24)15-12-20(26)25(14-15)17-8-6-7-16(22)13-17/h4-10,13,15H,2-3,11-12,14H2,1H3. The van der Waals surface area contributed by atoms with Crippen LogP contribution in [-0.2, 0) is 11.3 Å². The zero-order valence-electron chi connectivity index (χ0n) is 14.9. The number of rotatable bonds is 5. The molecule has 26 heavy (non-hydrogen) atoms. The largest absolute Gasteiger partial charge is 0.328 e. The second-order valence-corrected chi connectivity index (χ2v) is 7.29. The lowest BCUT2D eigenvalue weighted by atomic mass is 10.1. The first-order valence-corrected chi connectivity index (χ1v) is 9.56. The Kier molecular flexibility index (Phi) is 4.68. The Balaban J connectivity index is 1.68. The highest BCUT2D eigenvalue weighted by molar-refractivity contribution is 6.30. The van der Waals surface area contributed by atoms with Crippen LogP contribution in [0.3, 0.4) is 0 Å². The summed E-state index contributed by atoms with van der Waals surface area (Å²) in [4.78, 5) is 19.4. The number of hydrogen-bond acceptors (Lipinski definition) is 2. The maximum Gasteiger partial charge on any atom is 0.227 e. The lowest BCUT2D eigenvalue weighted by molar-refractivity contribution is -0.117. The van der Waals surface area contributed by atoms with Gasteiger partial charge in [-0.2, -0.15) is 0 Å². The van der Waals surface area contributed by atoms with Crippen LogP contribution >= 0.6 is 11.6 Å². The van der Waals surface area contributed by atoms with Crippen LogP contribution in [0.15, 0.2) is 48.5 Å². The number of hydrogen-bond donors (Lipinski definition) is 0. The third-order valence-electron chi connectivity index (χ3n) is 5.03. The summed E-state index contributed by atoms with van der Waals surface area (Å²) in [7, 11) is 0. The molecule has 4 nitrogen and oxygen atoms in total. The van der Waals surface area contributed by atoms with Crippen LogP contribution in [-0.4, -0.2) is 22.0 Å². The minimum absolute atomic E-state index is 0.103.